The van der Waals surface area contributed by atoms with Crippen LogP contribution in [0.4, 0.5) is 0 Å². The van der Waals surface area contributed by atoms with Gasteiger partial charge in [0.25, 0.3) is 0 Å². The van der Waals surface area contributed by atoms with Crippen molar-refractivity contribution in [2.75, 3.05) is 0 Å². The summed E-state index contributed by atoms with van der Waals surface area (Å²) in [6.07, 6.45) is 8.42. The first kappa shape index (κ1) is 9.68. The van der Waals surface area contributed by atoms with Crippen molar-refractivity contribution in [2.24, 2.45) is 23.7 Å². The summed E-state index contributed by atoms with van der Waals surface area (Å²) in [4.78, 5) is 11.2. The molecule has 0 aromatic carbocycles. The van der Waals surface area contributed by atoms with Crippen LogP contribution in [0.2, 0.25) is 0 Å². The maximum atomic E-state index is 11.2. The molecule has 4 saturated carbocycles. The minimum atomic E-state index is 0.168. The molecule has 0 saturated heterocycles. The molecule has 84 valence electrons. The molecule has 15 heavy (non-hydrogen) atoms. The van der Waals surface area contributed by atoms with Crippen molar-refractivity contribution in [3.05, 3.63) is 0 Å². The van der Waals surface area contributed by atoms with Gasteiger partial charge in [0.15, 0.2) is 0 Å². The first-order valence-electron chi connectivity index (χ1n) is 6.48. The fraction of sp³-hybridized carbons (Fsp3) is 0.923. The SMILES string of the molecule is CC(=O)NC1CC2CC3CC(C2)CC1C3. The monoisotopic (exact) mass is 207 g/mol. The number of amides is 1. The van der Waals surface area contributed by atoms with Gasteiger partial charge in [-0.1, -0.05) is 0 Å². The zero-order chi connectivity index (χ0) is 10.4. The van der Waals surface area contributed by atoms with Crippen molar-refractivity contribution in [3.8, 4) is 0 Å². The van der Waals surface area contributed by atoms with Gasteiger partial charge in [-0.05, 0) is 62.2 Å². The van der Waals surface area contributed by atoms with Crippen LogP contribution in [0.3, 0.4) is 0 Å². The summed E-state index contributed by atoms with van der Waals surface area (Å²) in [5.41, 5.74) is 0. The Labute approximate surface area is 91.8 Å². The third kappa shape index (κ3) is 1.79. The van der Waals surface area contributed by atoms with Crippen LogP contribution in [0.5, 0.6) is 0 Å². The summed E-state index contributed by atoms with van der Waals surface area (Å²) >= 11 is 0. The van der Waals surface area contributed by atoms with Crippen LogP contribution < -0.4 is 5.32 Å². The van der Waals surface area contributed by atoms with Crippen molar-refractivity contribution in [2.45, 2.75) is 51.5 Å². The average Bonchev–Trinajstić information content (AvgIpc) is 2.30. The highest BCUT2D eigenvalue weighted by Crippen LogP contribution is 2.51. The molecule has 3 unspecified atom stereocenters. The second-order valence-electron chi connectivity index (χ2n) is 6.08. The molecule has 0 aromatic heterocycles. The lowest BCUT2D eigenvalue weighted by molar-refractivity contribution is -0.120. The number of hydrogen-bond acceptors (Lipinski definition) is 1. The Kier molecular flexibility index (Phi) is 2.26. The van der Waals surface area contributed by atoms with E-state index in [0.29, 0.717) is 6.04 Å². The summed E-state index contributed by atoms with van der Waals surface area (Å²) in [5, 5.41) is 3.20. The lowest BCUT2D eigenvalue weighted by Gasteiger charge is -2.38. The van der Waals surface area contributed by atoms with Gasteiger partial charge in [-0.15, -0.1) is 0 Å². The van der Waals surface area contributed by atoms with Gasteiger partial charge in [0, 0.05) is 13.0 Å². The van der Waals surface area contributed by atoms with Gasteiger partial charge in [0.2, 0.25) is 5.91 Å². The van der Waals surface area contributed by atoms with E-state index >= 15 is 0 Å². The number of carbonyl (C=O) groups is 1. The minimum absolute atomic E-state index is 0.168. The van der Waals surface area contributed by atoms with Gasteiger partial charge in [0.05, 0.1) is 0 Å². The minimum Gasteiger partial charge on any atom is -0.353 e. The third-order valence-corrected chi connectivity index (χ3v) is 4.82. The molecule has 0 aromatic rings. The summed E-state index contributed by atoms with van der Waals surface area (Å²) < 4.78 is 0. The molecule has 4 bridgehead atoms. The largest absolute Gasteiger partial charge is 0.353 e. The van der Waals surface area contributed by atoms with E-state index < -0.39 is 0 Å². The van der Waals surface area contributed by atoms with Crippen molar-refractivity contribution in [1.29, 1.82) is 0 Å². The molecule has 0 heterocycles. The highest BCUT2D eigenvalue weighted by atomic mass is 16.1. The number of hydrogen-bond donors (Lipinski definition) is 1. The van der Waals surface area contributed by atoms with Crippen LogP contribution in [0.15, 0.2) is 0 Å². The molecular weight excluding hydrogens is 186 g/mol. The molecule has 4 rings (SSSR count). The van der Waals surface area contributed by atoms with Crippen LogP contribution in [0.1, 0.15) is 45.4 Å². The zero-order valence-electron chi connectivity index (χ0n) is 9.54. The fourth-order valence-corrected chi connectivity index (χ4v) is 4.55. The Morgan fingerprint density at radius 2 is 1.47 bits per heavy atom. The first-order chi connectivity index (χ1) is 7.20. The van der Waals surface area contributed by atoms with Gasteiger partial charge in [-0.3, -0.25) is 4.79 Å². The van der Waals surface area contributed by atoms with Gasteiger partial charge in [-0.2, -0.15) is 0 Å². The van der Waals surface area contributed by atoms with E-state index in [-0.39, 0.29) is 5.91 Å². The van der Waals surface area contributed by atoms with Gasteiger partial charge in [0.1, 0.15) is 0 Å². The molecule has 2 nitrogen and oxygen atoms in total. The Morgan fingerprint density at radius 1 is 0.933 bits per heavy atom. The molecule has 0 radical (unpaired) electrons. The lowest BCUT2D eigenvalue weighted by atomic mass is 9.67. The van der Waals surface area contributed by atoms with Crippen LogP contribution in [-0.2, 0) is 4.79 Å². The first-order valence-corrected chi connectivity index (χ1v) is 6.48. The second kappa shape index (κ2) is 3.50. The molecule has 0 aliphatic heterocycles. The Hall–Kier alpha value is -0.530. The van der Waals surface area contributed by atoms with Crippen LogP contribution >= 0.6 is 0 Å². The van der Waals surface area contributed by atoms with E-state index in [0.717, 1.165) is 23.7 Å². The van der Waals surface area contributed by atoms with E-state index in [9.17, 15) is 4.79 Å². The second-order valence-corrected chi connectivity index (χ2v) is 6.08. The van der Waals surface area contributed by atoms with Crippen LogP contribution in [0, 0.1) is 23.7 Å². The maximum Gasteiger partial charge on any atom is 0.217 e. The molecule has 4 fully saturated rings. The molecular formula is C13H21NO. The summed E-state index contributed by atoms with van der Waals surface area (Å²) in [7, 11) is 0. The lowest BCUT2D eigenvalue weighted by Crippen LogP contribution is -2.40. The Morgan fingerprint density at radius 3 is 2.00 bits per heavy atom. The predicted octanol–water partition coefficient (Wildman–Crippen LogP) is 2.34. The molecule has 4 aliphatic carbocycles. The fourth-order valence-electron chi connectivity index (χ4n) is 4.55. The van der Waals surface area contributed by atoms with Crippen molar-refractivity contribution < 1.29 is 4.79 Å². The van der Waals surface area contributed by atoms with Crippen molar-refractivity contribution in [3.63, 3.8) is 0 Å². The average molecular weight is 207 g/mol. The molecule has 1 N–H and O–H groups in total. The highest BCUT2D eigenvalue weighted by Gasteiger charge is 2.43. The quantitative estimate of drug-likeness (QED) is 0.702. The van der Waals surface area contributed by atoms with Crippen LogP contribution in [-0.4, -0.2) is 11.9 Å². The van der Waals surface area contributed by atoms with E-state index in [1.54, 1.807) is 6.92 Å². The third-order valence-electron chi connectivity index (χ3n) is 4.82. The van der Waals surface area contributed by atoms with Crippen LogP contribution in [0.25, 0.3) is 0 Å². The van der Waals surface area contributed by atoms with E-state index in [4.69, 9.17) is 0 Å². The maximum absolute atomic E-state index is 11.2. The highest BCUT2D eigenvalue weighted by molar-refractivity contribution is 5.73. The summed E-state index contributed by atoms with van der Waals surface area (Å²) in [6, 6.07) is 0.503. The summed E-state index contributed by atoms with van der Waals surface area (Å²) in [6.45, 7) is 1.66. The standard InChI is InChI=1S/C13H21NO/c1-8(15)14-13-7-11-3-9-2-10(4-11)6-12(13)5-9/h9-13H,2-7H2,1H3,(H,14,15). The van der Waals surface area contributed by atoms with Crippen molar-refractivity contribution >= 4 is 5.91 Å². The number of nitrogens with one attached hydrogen (secondary N) is 1. The summed E-state index contributed by atoms with van der Waals surface area (Å²) in [5.74, 6) is 3.86. The molecule has 3 atom stereocenters. The topological polar surface area (TPSA) is 29.1 Å². The normalized spacial score (nSPS) is 47.7. The Bertz CT molecular complexity index is 262. The van der Waals surface area contributed by atoms with Gasteiger partial charge < -0.3 is 5.32 Å². The number of fused-ring (bicyclic) bond motifs is 1. The molecule has 0 spiro atoms. The smallest absolute Gasteiger partial charge is 0.217 e. The van der Waals surface area contributed by atoms with Gasteiger partial charge >= 0.3 is 0 Å². The molecule has 2 heteroatoms. The molecule has 4 aliphatic rings. The van der Waals surface area contributed by atoms with E-state index in [1.807, 2.05) is 0 Å². The molecule has 1 amide bonds. The van der Waals surface area contributed by atoms with Crippen molar-refractivity contribution in [1.82, 2.24) is 5.32 Å². The Balaban J connectivity index is 1.79. The van der Waals surface area contributed by atoms with Gasteiger partial charge in [-0.25, -0.2) is 0 Å². The predicted molar refractivity (Wildman–Crippen MR) is 59.3 cm³/mol. The van der Waals surface area contributed by atoms with E-state index in [2.05, 4.69) is 5.32 Å². The number of carbonyl (C=O) groups excluding carboxylic acids is 1. The number of rotatable bonds is 1. The van der Waals surface area contributed by atoms with E-state index in [1.165, 1.54) is 38.5 Å². The zero-order valence-corrected chi connectivity index (χ0v) is 9.54.